The number of esters is 1. The molecule has 3 aliphatic heterocycles. The van der Waals surface area contributed by atoms with Crippen LogP contribution in [-0.4, -0.2) is 130 Å². The number of Topliss-reactive ketones (excluding diaryl/α,β-unsaturated/α-hetero) is 3. The smallest absolute Gasteiger partial charge is 0.329 e. The van der Waals surface area contributed by atoms with Gasteiger partial charge in [0.05, 0.1) is 24.4 Å². The molecule has 16 atom stereocenters. The zero-order valence-electron chi connectivity index (χ0n) is 39.9. The lowest BCUT2D eigenvalue weighted by Gasteiger charge is -2.42. The molecule has 2 saturated heterocycles. The number of aliphatic hydroxyl groups is 4. The van der Waals surface area contributed by atoms with Gasteiger partial charge in [-0.2, -0.15) is 0 Å². The molecule has 4 rings (SSSR count). The summed E-state index contributed by atoms with van der Waals surface area (Å²) in [4.78, 5) is 71.5. The molecule has 64 heavy (non-hydrogen) atoms. The summed E-state index contributed by atoms with van der Waals surface area (Å²) < 4.78 is 23.4. The minimum Gasteiger partial charge on any atom is -0.460 e. The lowest BCUT2D eigenvalue weighted by molar-refractivity contribution is -0.266. The third-order valence-corrected chi connectivity index (χ3v) is 14.5. The van der Waals surface area contributed by atoms with Gasteiger partial charge in [0.15, 0.2) is 5.78 Å². The van der Waals surface area contributed by atoms with E-state index in [1.807, 2.05) is 45.1 Å². The summed E-state index contributed by atoms with van der Waals surface area (Å²) in [6.07, 6.45) is 9.00. The van der Waals surface area contributed by atoms with Gasteiger partial charge in [-0.15, -0.1) is 0 Å². The monoisotopic (exact) mass is 902 g/mol. The van der Waals surface area contributed by atoms with E-state index in [2.05, 4.69) is 0 Å². The number of cyclic esters (lactones) is 1. The van der Waals surface area contributed by atoms with Crippen LogP contribution in [0.3, 0.4) is 0 Å². The summed E-state index contributed by atoms with van der Waals surface area (Å²) in [5, 5.41) is 44.9. The highest BCUT2D eigenvalue weighted by molar-refractivity contribution is 6.39. The van der Waals surface area contributed by atoms with Crippen molar-refractivity contribution in [3.05, 3.63) is 36.0 Å². The maximum atomic E-state index is 14.3. The highest BCUT2D eigenvalue weighted by Crippen LogP contribution is 2.37. The highest BCUT2D eigenvalue weighted by Gasteiger charge is 2.53. The number of piperidine rings is 1. The van der Waals surface area contributed by atoms with Crippen molar-refractivity contribution < 1.29 is 63.3 Å². The Bertz CT molecular complexity index is 1680. The van der Waals surface area contributed by atoms with Crippen LogP contribution < -0.4 is 0 Å². The number of aliphatic hydroxyl groups excluding tert-OH is 3. The van der Waals surface area contributed by atoms with Crippen LogP contribution in [0.1, 0.15) is 132 Å². The molecular formula is C50H79NO13. The summed E-state index contributed by atoms with van der Waals surface area (Å²) in [5.74, 6) is -8.31. The van der Waals surface area contributed by atoms with Gasteiger partial charge in [-0.3, -0.25) is 19.2 Å². The number of amides is 1. The SMILES string of the molecule is CO[C@@H]1C[C@@H](C[C@@H](C)[C@@H]2CC(=O)[C@H](C)/C=C(/C)[C@@H](O)[C@@H](OC)C(=O)[C@H](C)C[C@H](C)/C=C/C=C/CC(C)[C@@H](O)C[C@@H]3CC[C@@H](C)[C@@](O)(O3)C(=O)C(=O)N3CCCC[C@H]3C(=O)O2)CC[C@H]1O. The molecule has 0 aromatic carbocycles. The lowest BCUT2D eigenvalue weighted by atomic mass is 9.78. The van der Waals surface area contributed by atoms with Crippen molar-refractivity contribution in [2.45, 2.75) is 186 Å². The second kappa shape index (κ2) is 24.6. The van der Waals surface area contributed by atoms with Gasteiger partial charge in [-0.25, -0.2) is 4.79 Å². The van der Waals surface area contributed by atoms with Gasteiger partial charge in [0.25, 0.3) is 11.7 Å². The van der Waals surface area contributed by atoms with E-state index < -0.39 is 83.9 Å². The molecule has 0 aromatic rings. The number of nitrogens with zero attached hydrogens (tertiary/aromatic N) is 1. The molecule has 4 N–H and O–H groups in total. The Hall–Kier alpha value is -3.11. The minimum atomic E-state index is -2.46. The van der Waals surface area contributed by atoms with Gasteiger partial charge in [0, 0.05) is 44.9 Å². The fourth-order valence-electron chi connectivity index (χ4n) is 10.1. The van der Waals surface area contributed by atoms with Crippen molar-refractivity contribution in [2.75, 3.05) is 20.8 Å². The zero-order valence-corrected chi connectivity index (χ0v) is 39.9. The largest absolute Gasteiger partial charge is 0.460 e. The second-order valence-corrected chi connectivity index (χ2v) is 19.8. The number of hydrogen-bond donors (Lipinski definition) is 4. The highest BCUT2D eigenvalue weighted by atomic mass is 16.6. The van der Waals surface area contributed by atoms with Gasteiger partial charge in [0.2, 0.25) is 5.79 Å². The molecule has 3 fully saturated rings. The van der Waals surface area contributed by atoms with E-state index in [1.165, 1.54) is 12.0 Å². The van der Waals surface area contributed by atoms with E-state index in [-0.39, 0.29) is 67.1 Å². The second-order valence-electron chi connectivity index (χ2n) is 19.8. The number of allylic oxidation sites excluding steroid dienone is 5. The third-order valence-electron chi connectivity index (χ3n) is 14.5. The van der Waals surface area contributed by atoms with Gasteiger partial charge < -0.3 is 44.3 Å². The van der Waals surface area contributed by atoms with Crippen molar-refractivity contribution in [1.82, 2.24) is 4.90 Å². The summed E-state index contributed by atoms with van der Waals surface area (Å²) in [7, 11) is 2.93. The number of fused-ring (bicyclic) bond motifs is 3. The predicted molar refractivity (Wildman–Crippen MR) is 240 cm³/mol. The Balaban J connectivity index is 1.67. The molecule has 2 bridgehead atoms. The van der Waals surface area contributed by atoms with E-state index in [9.17, 15) is 44.4 Å². The third kappa shape index (κ3) is 14.0. The molecule has 362 valence electrons. The number of carbonyl (C=O) groups excluding carboxylic acids is 5. The quantitative estimate of drug-likeness (QED) is 0.151. The van der Waals surface area contributed by atoms with Gasteiger partial charge in [-0.05, 0) is 113 Å². The predicted octanol–water partition coefficient (Wildman–Crippen LogP) is 5.61. The number of ether oxygens (including phenoxy) is 4. The molecule has 1 saturated carbocycles. The van der Waals surface area contributed by atoms with Crippen LogP contribution in [0.15, 0.2) is 36.0 Å². The average molecular weight is 902 g/mol. The summed E-state index contributed by atoms with van der Waals surface area (Å²) in [5.41, 5.74) is 0.382. The van der Waals surface area contributed by atoms with Crippen LogP contribution >= 0.6 is 0 Å². The molecule has 14 heteroatoms. The Labute approximate surface area is 381 Å². The van der Waals surface area contributed by atoms with Crippen molar-refractivity contribution in [2.24, 2.45) is 41.4 Å². The molecular weight excluding hydrogens is 823 g/mol. The maximum absolute atomic E-state index is 14.3. The average Bonchev–Trinajstić information content (AvgIpc) is 3.26. The fourth-order valence-corrected chi connectivity index (χ4v) is 10.1. The first-order valence-corrected chi connectivity index (χ1v) is 23.9. The van der Waals surface area contributed by atoms with E-state index in [1.54, 1.807) is 40.9 Å². The molecule has 1 amide bonds. The van der Waals surface area contributed by atoms with Gasteiger partial charge in [0.1, 0.15) is 30.1 Å². The van der Waals surface area contributed by atoms with Crippen molar-refractivity contribution in [1.29, 1.82) is 0 Å². The number of hydrogen-bond acceptors (Lipinski definition) is 13. The first kappa shape index (κ1) is 53.5. The first-order valence-electron chi connectivity index (χ1n) is 23.9. The molecule has 1 aliphatic carbocycles. The van der Waals surface area contributed by atoms with Crippen LogP contribution in [0.4, 0.5) is 0 Å². The van der Waals surface area contributed by atoms with Crippen LogP contribution in [0, 0.1) is 41.4 Å². The molecule has 0 radical (unpaired) electrons. The molecule has 0 spiro atoms. The van der Waals surface area contributed by atoms with Crippen LogP contribution in [-0.2, 0) is 42.9 Å². The summed E-state index contributed by atoms with van der Waals surface area (Å²) >= 11 is 0. The standard InChI is InChI=1S/C50H79NO13/c1-29-15-11-10-12-16-30(2)40(53)27-37-20-18-35(7)50(60,64-37)47(57)48(58)51-22-14-13-17-38(51)49(59)63-42(32(4)25-36-19-21-39(52)43(26-36)61-8)28-41(54)31(3)24-34(6)45(56)46(62-9)44(55)33(5)23-29/h10-12,15,24,29-33,35-40,42-43,45-46,52-53,56,60H,13-14,16-23,25-28H2,1-9H3/b12-10+,15-11+,34-24-/t29-,30?,31-,32-,33-,35-,36-,37+,38+,39-,40+,42+,43-,45-,46+,50-/m1/s1. The van der Waals surface area contributed by atoms with Crippen LogP contribution in [0.5, 0.6) is 0 Å². The molecule has 0 aromatic heterocycles. The van der Waals surface area contributed by atoms with Crippen LogP contribution in [0.25, 0.3) is 0 Å². The minimum absolute atomic E-state index is 0.0158. The number of methoxy groups -OCH3 is 2. The Morgan fingerprint density at radius 3 is 2.28 bits per heavy atom. The normalized spacial score (nSPS) is 41.3. The van der Waals surface area contributed by atoms with Crippen molar-refractivity contribution >= 4 is 29.2 Å². The van der Waals surface area contributed by atoms with Crippen LogP contribution in [0.2, 0.25) is 0 Å². The van der Waals surface area contributed by atoms with Crippen molar-refractivity contribution in [3.63, 3.8) is 0 Å². The first-order chi connectivity index (χ1) is 30.2. The van der Waals surface area contributed by atoms with E-state index in [0.717, 1.165) is 6.42 Å². The van der Waals surface area contributed by atoms with E-state index in [4.69, 9.17) is 18.9 Å². The molecule has 4 aliphatic rings. The Morgan fingerprint density at radius 1 is 0.875 bits per heavy atom. The topological polar surface area (TPSA) is 206 Å². The fraction of sp³-hybridized carbons (Fsp3) is 0.780. The maximum Gasteiger partial charge on any atom is 0.329 e. The summed E-state index contributed by atoms with van der Waals surface area (Å²) in [6, 6.07) is -1.15. The summed E-state index contributed by atoms with van der Waals surface area (Å²) in [6.45, 7) is 12.6. The number of carbonyl (C=O) groups is 5. The molecule has 1 unspecified atom stereocenters. The number of rotatable bonds is 5. The number of ketones is 3. The van der Waals surface area contributed by atoms with E-state index in [0.29, 0.717) is 63.4 Å². The zero-order chi connectivity index (χ0) is 47.5. The van der Waals surface area contributed by atoms with Gasteiger partial charge in [-0.1, -0.05) is 71.9 Å². The van der Waals surface area contributed by atoms with E-state index >= 15 is 0 Å². The lowest BCUT2D eigenvalue weighted by Crippen LogP contribution is -2.61. The Kier molecular flexibility index (Phi) is 20.6. The Morgan fingerprint density at radius 2 is 1.59 bits per heavy atom. The molecule has 14 nitrogen and oxygen atoms in total. The van der Waals surface area contributed by atoms with Gasteiger partial charge >= 0.3 is 5.97 Å². The molecule has 3 heterocycles. The van der Waals surface area contributed by atoms with Crippen molar-refractivity contribution in [3.8, 4) is 0 Å².